The number of carbonyl (C=O) groups is 3. The molecule has 0 fully saturated rings. The van der Waals surface area contributed by atoms with Crippen molar-refractivity contribution in [1.29, 1.82) is 0 Å². The molecule has 0 aliphatic rings. The van der Waals surface area contributed by atoms with E-state index in [1.807, 2.05) is 0 Å². The van der Waals surface area contributed by atoms with Crippen LogP contribution in [0, 0.1) is 0 Å². The Bertz CT molecular complexity index is 1170. The molecule has 0 radical (unpaired) electrons. The van der Waals surface area contributed by atoms with Gasteiger partial charge >= 0.3 is 17.9 Å². The molecule has 0 heterocycles. The molecule has 1 unspecified atom stereocenters. The van der Waals surface area contributed by atoms with E-state index >= 15 is 0 Å². The number of unbranched alkanes of at least 4 members (excludes halogenated alkanes) is 51. The van der Waals surface area contributed by atoms with Gasteiger partial charge in [0.15, 0.2) is 6.10 Å². The fraction of sp³-hybridized carbons (Fsp3) is 0.928. The Hall–Kier alpha value is -1.85. The average Bonchev–Trinajstić information content (AvgIpc) is 3.41. The van der Waals surface area contributed by atoms with E-state index in [-0.39, 0.29) is 31.1 Å². The zero-order valence-electron chi connectivity index (χ0n) is 51.1. The highest BCUT2D eigenvalue weighted by atomic mass is 16.6. The molecule has 75 heavy (non-hydrogen) atoms. The standard InChI is InChI=1S/C69H132O6/c1-4-7-10-13-16-19-22-24-26-28-30-32-33-34-35-37-38-40-42-44-47-50-53-56-59-62-68(71)74-65-66(64-73-67(70)61-58-55-52-49-46-21-18-15-12-9-6-3)75-69(72)63-60-57-54-51-48-45-43-41-39-36-31-29-27-25-23-20-17-14-11-8-5-2/h29,31,66H,4-28,30,32-65H2,1-3H3/b31-29-. The highest BCUT2D eigenvalue weighted by Gasteiger charge is 2.19. The Labute approximate surface area is 469 Å². The van der Waals surface area contributed by atoms with E-state index in [0.717, 1.165) is 57.8 Å². The lowest BCUT2D eigenvalue weighted by atomic mass is 10.0. The van der Waals surface area contributed by atoms with Crippen molar-refractivity contribution in [2.75, 3.05) is 13.2 Å². The first-order valence-corrected chi connectivity index (χ1v) is 34.2. The molecule has 0 spiro atoms. The highest BCUT2D eigenvalue weighted by molar-refractivity contribution is 5.71. The van der Waals surface area contributed by atoms with Gasteiger partial charge in [-0.2, -0.15) is 0 Å². The zero-order valence-corrected chi connectivity index (χ0v) is 51.1. The predicted octanol–water partition coefficient (Wildman–Crippen LogP) is 23.2. The van der Waals surface area contributed by atoms with Gasteiger partial charge in [0, 0.05) is 19.3 Å². The summed E-state index contributed by atoms with van der Waals surface area (Å²) in [7, 11) is 0. The first-order chi connectivity index (χ1) is 37.0. The highest BCUT2D eigenvalue weighted by Crippen LogP contribution is 2.19. The minimum Gasteiger partial charge on any atom is -0.462 e. The first kappa shape index (κ1) is 73.2. The summed E-state index contributed by atoms with van der Waals surface area (Å²) in [6, 6.07) is 0. The lowest BCUT2D eigenvalue weighted by Crippen LogP contribution is -2.30. The maximum atomic E-state index is 12.9. The van der Waals surface area contributed by atoms with Crippen LogP contribution in [-0.2, 0) is 28.6 Å². The van der Waals surface area contributed by atoms with E-state index in [2.05, 4.69) is 32.9 Å². The number of ether oxygens (including phenoxy) is 3. The molecule has 0 bridgehead atoms. The second-order valence-electron chi connectivity index (χ2n) is 23.5. The molecule has 0 aliphatic carbocycles. The Morgan fingerprint density at radius 1 is 0.253 bits per heavy atom. The van der Waals surface area contributed by atoms with Crippen LogP contribution >= 0.6 is 0 Å². The van der Waals surface area contributed by atoms with Crippen molar-refractivity contribution in [3.63, 3.8) is 0 Å². The molecule has 0 aromatic rings. The Kier molecular flexibility index (Phi) is 63.1. The van der Waals surface area contributed by atoms with Gasteiger partial charge in [-0.1, -0.05) is 341 Å². The predicted molar refractivity (Wildman–Crippen MR) is 326 cm³/mol. The normalized spacial score (nSPS) is 12.0. The summed E-state index contributed by atoms with van der Waals surface area (Å²) in [5.41, 5.74) is 0. The van der Waals surface area contributed by atoms with Gasteiger partial charge in [-0.25, -0.2) is 0 Å². The third kappa shape index (κ3) is 62.9. The van der Waals surface area contributed by atoms with Crippen molar-refractivity contribution in [2.45, 2.75) is 399 Å². The summed E-state index contributed by atoms with van der Waals surface area (Å²) in [5.74, 6) is -0.835. The van der Waals surface area contributed by atoms with Gasteiger partial charge in [0.05, 0.1) is 0 Å². The van der Waals surface area contributed by atoms with Crippen molar-refractivity contribution in [3.8, 4) is 0 Å². The van der Waals surface area contributed by atoms with Crippen LogP contribution in [0.25, 0.3) is 0 Å². The van der Waals surface area contributed by atoms with Gasteiger partial charge in [-0.05, 0) is 44.9 Å². The fourth-order valence-corrected chi connectivity index (χ4v) is 10.6. The Morgan fingerprint density at radius 3 is 0.667 bits per heavy atom. The summed E-state index contributed by atoms with van der Waals surface area (Å²) in [5, 5.41) is 0. The van der Waals surface area contributed by atoms with Gasteiger partial charge in [0.2, 0.25) is 0 Å². The SMILES string of the molecule is CCCCCCCCCC/C=C\CCCCCCCCCCCC(=O)OC(COC(=O)CCCCCCCCCCCCC)COC(=O)CCCCCCCCCCCCCCCCCCCCCCCCCCC. The second-order valence-corrected chi connectivity index (χ2v) is 23.5. The lowest BCUT2D eigenvalue weighted by molar-refractivity contribution is -0.167. The van der Waals surface area contributed by atoms with Crippen molar-refractivity contribution in [1.82, 2.24) is 0 Å². The minimum absolute atomic E-state index is 0.0642. The van der Waals surface area contributed by atoms with E-state index in [1.54, 1.807) is 0 Å². The van der Waals surface area contributed by atoms with Crippen LogP contribution in [0.2, 0.25) is 0 Å². The molecular weight excluding hydrogens is 925 g/mol. The molecule has 0 N–H and O–H groups in total. The molecule has 0 rings (SSSR count). The summed E-state index contributed by atoms with van der Waals surface area (Å²) in [4.78, 5) is 38.3. The van der Waals surface area contributed by atoms with E-state index in [9.17, 15) is 14.4 Å². The van der Waals surface area contributed by atoms with Crippen LogP contribution in [0.15, 0.2) is 12.2 Å². The van der Waals surface area contributed by atoms with Gasteiger partial charge in [-0.3, -0.25) is 14.4 Å². The second kappa shape index (κ2) is 64.7. The van der Waals surface area contributed by atoms with Crippen molar-refractivity contribution >= 4 is 17.9 Å². The van der Waals surface area contributed by atoms with Crippen LogP contribution in [-0.4, -0.2) is 37.2 Å². The van der Waals surface area contributed by atoms with E-state index in [0.29, 0.717) is 19.3 Å². The van der Waals surface area contributed by atoms with Crippen LogP contribution < -0.4 is 0 Å². The van der Waals surface area contributed by atoms with Crippen molar-refractivity contribution in [3.05, 3.63) is 12.2 Å². The number of allylic oxidation sites excluding steroid dienone is 2. The monoisotopic (exact) mass is 1060 g/mol. The number of hydrogen-bond donors (Lipinski definition) is 0. The molecule has 0 saturated heterocycles. The average molecular weight is 1060 g/mol. The summed E-state index contributed by atoms with van der Waals surface area (Å²) >= 11 is 0. The van der Waals surface area contributed by atoms with Gasteiger partial charge in [0.1, 0.15) is 13.2 Å². The maximum Gasteiger partial charge on any atom is 0.306 e. The number of hydrogen-bond acceptors (Lipinski definition) is 6. The maximum absolute atomic E-state index is 12.9. The van der Waals surface area contributed by atoms with E-state index in [1.165, 1.54) is 295 Å². The molecule has 444 valence electrons. The fourth-order valence-electron chi connectivity index (χ4n) is 10.6. The first-order valence-electron chi connectivity index (χ1n) is 34.2. The molecule has 6 nitrogen and oxygen atoms in total. The Balaban J connectivity index is 4.17. The zero-order chi connectivity index (χ0) is 54.3. The summed E-state index contributed by atoms with van der Waals surface area (Å²) in [6.07, 6.45) is 76.7. The van der Waals surface area contributed by atoms with E-state index in [4.69, 9.17) is 14.2 Å². The molecule has 1 atom stereocenters. The van der Waals surface area contributed by atoms with Crippen molar-refractivity contribution < 1.29 is 28.6 Å². The van der Waals surface area contributed by atoms with Crippen LogP contribution in [0.4, 0.5) is 0 Å². The van der Waals surface area contributed by atoms with Crippen LogP contribution in [0.3, 0.4) is 0 Å². The molecule has 0 saturated carbocycles. The summed E-state index contributed by atoms with van der Waals surface area (Å²) in [6.45, 7) is 6.71. The smallest absolute Gasteiger partial charge is 0.306 e. The molecule has 0 aliphatic heterocycles. The van der Waals surface area contributed by atoms with Crippen molar-refractivity contribution in [2.24, 2.45) is 0 Å². The number of rotatable bonds is 64. The summed E-state index contributed by atoms with van der Waals surface area (Å²) < 4.78 is 17.0. The Morgan fingerprint density at radius 2 is 0.440 bits per heavy atom. The molecule has 0 aromatic carbocycles. The molecular formula is C69H132O6. The largest absolute Gasteiger partial charge is 0.462 e. The van der Waals surface area contributed by atoms with Crippen LogP contribution in [0.1, 0.15) is 393 Å². The lowest BCUT2D eigenvalue weighted by Gasteiger charge is -2.18. The number of carbonyl (C=O) groups excluding carboxylic acids is 3. The third-order valence-corrected chi connectivity index (χ3v) is 15.8. The van der Waals surface area contributed by atoms with Gasteiger partial charge in [-0.15, -0.1) is 0 Å². The van der Waals surface area contributed by atoms with E-state index < -0.39 is 6.10 Å². The molecule has 6 heteroatoms. The molecule has 0 amide bonds. The van der Waals surface area contributed by atoms with Gasteiger partial charge in [0.25, 0.3) is 0 Å². The quantitative estimate of drug-likeness (QED) is 0.0261. The third-order valence-electron chi connectivity index (χ3n) is 15.8. The minimum atomic E-state index is -0.766. The van der Waals surface area contributed by atoms with Gasteiger partial charge < -0.3 is 14.2 Å². The molecule has 0 aromatic heterocycles. The van der Waals surface area contributed by atoms with Crippen LogP contribution in [0.5, 0.6) is 0 Å². The number of esters is 3. The topological polar surface area (TPSA) is 78.9 Å².